The molecule has 8 heteroatoms. The smallest absolute Gasteiger partial charge is 0.223 e. The molecule has 152 valence electrons. The van der Waals surface area contributed by atoms with Crippen LogP contribution in [0.15, 0.2) is 36.8 Å². The van der Waals surface area contributed by atoms with Gasteiger partial charge in [-0.2, -0.15) is 0 Å². The second-order valence-corrected chi connectivity index (χ2v) is 7.79. The average Bonchev–Trinajstić information content (AvgIpc) is 2.69. The molecule has 29 heavy (non-hydrogen) atoms. The largest absolute Gasteiger partial charge is 0.488 e. The van der Waals surface area contributed by atoms with Gasteiger partial charge >= 0.3 is 0 Å². The quantitative estimate of drug-likeness (QED) is 0.617. The van der Waals surface area contributed by atoms with Crippen LogP contribution >= 0.6 is 0 Å². The van der Waals surface area contributed by atoms with E-state index in [-0.39, 0.29) is 6.10 Å². The zero-order chi connectivity index (χ0) is 20.2. The van der Waals surface area contributed by atoms with Gasteiger partial charge in [0.15, 0.2) is 0 Å². The molecule has 4 rings (SSSR count). The van der Waals surface area contributed by atoms with Gasteiger partial charge in [-0.25, -0.2) is 15.0 Å². The van der Waals surface area contributed by atoms with Crippen molar-refractivity contribution in [1.82, 2.24) is 24.8 Å². The van der Waals surface area contributed by atoms with Gasteiger partial charge in [-0.1, -0.05) is 0 Å². The zero-order valence-electron chi connectivity index (χ0n) is 16.9. The van der Waals surface area contributed by atoms with E-state index in [1.54, 1.807) is 12.4 Å². The number of hydrogen-bond donors (Lipinski definition) is 2. The van der Waals surface area contributed by atoms with E-state index in [1.807, 2.05) is 38.5 Å². The highest BCUT2D eigenvalue weighted by Crippen LogP contribution is 2.30. The Hall–Kier alpha value is -3.00. The molecule has 0 unspecified atom stereocenters. The van der Waals surface area contributed by atoms with E-state index in [0.29, 0.717) is 23.4 Å². The molecular formula is C21H27N7O. The number of benzene rings is 1. The van der Waals surface area contributed by atoms with Crippen molar-refractivity contribution < 1.29 is 4.74 Å². The Morgan fingerprint density at radius 3 is 2.66 bits per heavy atom. The highest BCUT2D eigenvalue weighted by molar-refractivity contribution is 5.84. The van der Waals surface area contributed by atoms with Crippen molar-refractivity contribution in [2.24, 2.45) is 0 Å². The van der Waals surface area contributed by atoms with E-state index in [1.165, 1.54) is 0 Å². The molecule has 1 aromatic carbocycles. The number of ether oxygens (including phenoxy) is 1. The number of anilines is 2. The molecule has 1 aliphatic carbocycles. The number of nitrogen functional groups attached to an aromatic ring is 1. The minimum absolute atomic E-state index is 0.140. The summed E-state index contributed by atoms with van der Waals surface area (Å²) in [6, 6.07) is 5.96. The lowest BCUT2D eigenvalue weighted by atomic mass is 9.93. The molecule has 1 saturated carbocycles. The standard InChI is InChI=1S/C21H27N7O/c1-28(2)13-16-7-8-25-21(27-16)26-15-3-5-17(6-4-15)29-19-12-14(22)11-18-20(19)24-10-9-23-18/h7-12,15,17H,3-6,13,22H2,1-2H3,(H,25,26,27). The zero-order valence-corrected chi connectivity index (χ0v) is 16.9. The fourth-order valence-corrected chi connectivity index (χ4v) is 3.72. The molecule has 2 aromatic heterocycles. The summed E-state index contributed by atoms with van der Waals surface area (Å²) in [5.41, 5.74) is 9.17. The van der Waals surface area contributed by atoms with E-state index in [9.17, 15) is 0 Å². The van der Waals surface area contributed by atoms with Crippen LogP contribution in [0.3, 0.4) is 0 Å². The summed E-state index contributed by atoms with van der Waals surface area (Å²) in [6.07, 6.45) is 9.19. The molecule has 3 aromatic rings. The van der Waals surface area contributed by atoms with Crippen molar-refractivity contribution in [3.63, 3.8) is 0 Å². The maximum absolute atomic E-state index is 6.26. The van der Waals surface area contributed by atoms with Gasteiger partial charge in [0.2, 0.25) is 5.95 Å². The third kappa shape index (κ3) is 4.89. The third-order valence-electron chi connectivity index (χ3n) is 5.05. The number of fused-ring (bicyclic) bond motifs is 1. The molecule has 0 amide bonds. The first-order chi connectivity index (χ1) is 14.1. The monoisotopic (exact) mass is 393 g/mol. The number of aromatic nitrogens is 4. The Bertz CT molecular complexity index is 970. The Morgan fingerprint density at radius 1 is 1.07 bits per heavy atom. The van der Waals surface area contributed by atoms with Gasteiger partial charge in [-0.15, -0.1) is 0 Å². The first-order valence-corrected chi connectivity index (χ1v) is 9.97. The molecular weight excluding hydrogens is 366 g/mol. The molecule has 0 atom stereocenters. The SMILES string of the molecule is CN(C)Cc1ccnc(NC2CCC(Oc3cc(N)cc4nccnc34)CC2)n1. The van der Waals surface area contributed by atoms with E-state index >= 15 is 0 Å². The average molecular weight is 393 g/mol. The van der Waals surface area contributed by atoms with Crippen LogP contribution in [0.5, 0.6) is 5.75 Å². The van der Waals surface area contributed by atoms with Crippen molar-refractivity contribution in [2.75, 3.05) is 25.1 Å². The maximum atomic E-state index is 6.26. The predicted octanol–water partition coefficient (Wildman–Crippen LogP) is 2.87. The lowest BCUT2D eigenvalue weighted by Gasteiger charge is -2.29. The van der Waals surface area contributed by atoms with Gasteiger partial charge in [-0.05, 0) is 51.9 Å². The van der Waals surface area contributed by atoms with Gasteiger partial charge in [0, 0.05) is 42.9 Å². The Balaban J connectivity index is 1.36. The molecule has 1 aliphatic rings. The topological polar surface area (TPSA) is 102 Å². The van der Waals surface area contributed by atoms with Crippen LogP contribution in [-0.4, -0.2) is 51.1 Å². The Kier molecular flexibility index (Phi) is 5.71. The number of rotatable bonds is 6. The molecule has 0 bridgehead atoms. The summed E-state index contributed by atoms with van der Waals surface area (Å²) in [5.74, 6) is 1.41. The summed E-state index contributed by atoms with van der Waals surface area (Å²) < 4.78 is 6.26. The van der Waals surface area contributed by atoms with Crippen molar-refractivity contribution in [3.8, 4) is 5.75 Å². The van der Waals surface area contributed by atoms with E-state index in [0.717, 1.165) is 49.0 Å². The summed E-state index contributed by atoms with van der Waals surface area (Å²) in [7, 11) is 4.07. The Labute approximate surface area is 170 Å². The van der Waals surface area contributed by atoms with Gasteiger partial charge in [0.1, 0.15) is 11.3 Å². The van der Waals surface area contributed by atoms with Crippen molar-refractivity contribution in [3.05, 3.63) is 42.5 Å². The van der Waals surface area contributed by atoms with Crippen LogP contribution in [0.25, 0.3) is 11.0 Å². The van der Waals surface area contributed by atoms with Crippen LogP contribution in [0.2, 0.25) is 0 Å². The number of hydrogen-bond acceptors (Lipinski definition) is 8. The van der Waals surface area contributed by atoms with Crippen molar-refractivity contribution >= 4 is 22.7 Å². The number of nitrogens with one attached hydrogen (secondary N) is 1. The molecule has 3 N–H and O–H groups in total. The van der Waals surface area contributed by atoms with E-state index < -0.39 is 0 Å². The molecule has 0 saturated heterocycles. The highest BCUT2D eigenvalue weighted by atomic mass is 16.5. The summed E-state index contributed by atoms with van der Waals surface area (Å²) in [6.45, 7) is 0.800. The van der Waals surface area contributed by atoms with Crippen LogP contribution < -0.4 is 15.8 Å². The minimum Gasteiger partial charge on any atom is -0.488 e. The highest BCUT2D eigenvalue weighted by Gasteiger charge is 2.24. The van der Waals surface area contributed by atoms with E-state index in [2.05, 4.69) is 30.2 Å². The third-order valence-corrected chi connectivity index (χ3v) is 5.05. The van der Waals surface area contributed by atoms with Gasteiger partial charge in [-0.3, -0.25) is 4.98 Å². The van der Waals surface area contributed by atoms with Gasteiger partial charge < -0.3 is 20.7 Å². The molecule has 2 heterocycles. The predicted molar refractivity (Wildman–Crippen MR) is 114 cm³/mol. The van der Waals surface area contributed by atoms with Crippen LogP contribution in [0.4, 0.5) is 11.6 Å². The minimum atomic E-state index is 0.140. The molecule has 0 spiro atoms. The first kappa shape index (κ1) is 19.3. The normalized spacial score (nSPS) is 19.4. The molecule has 1 fully saturated rings. The lowest BCUT2D eigenvalue weighted by Crippen LogP contribution is -2.32. The Morgan fingerprint density at radius 2 is 1.86 bits per heavy atom. The lowest BCUT2D eigenvalue weighted by molar-refractivity contribution is 0.152. The summed E-state index contributed by atoms with van der Waals surface area (Å²) in [4.78, 5) is 19.8. The van der Waals surface area contributed by atoms with Gasteiger partial charge in [0.25, 0.3) is 0 Å². The summed E-state index contributed by atoms with van der Waals surface area (Å²) >= 11 is 0. The fourth-order valence-electron chi connectivity index (χ4n) is 3.72. The number of nitrogens with zero attached hydrogens (tertiary/aromatic N) is 5. The van der Waals surface area contributed by atoms with Gasteiger partial charge in [0.05, 0.1) is 17.3 Å². The van der Waals surface area contributed by atoms with Crippen LogP contribution in [0.1, 0.15) is 31.4 Å². The molecule has 0 radical (unpaired) electrons. The van der Waals surface area contributed by atoms with Crippen molar-refractivity contribution in [1.29, 1.82) is 0 Å². The molecule has 0 aliphatic heterocycles. The van der Waals surface area contributed by atoms with Crippen LogP contribution in [-0.2, 0) is 6.54 Å². The second kappa shape index (κ2) is 8.57. The number of nitrogens with two attached hydrogens (primary N) is 1. The second-order valence-electron chi connectivity index (χ2n) is 7.79. The maximum Gasteiger partial charge on any atom is 0.223 e. The molecule has 8 nitrogen and oxygen atoms in total. The van der Waals surface area contributed by atoms with Crippen molar-refractivity contribution in [2.45, 2.75) is 44.4 Å². The fraction of sp³-hybridized carbons (Fsp3) is 0.429. The van der Waals surface area contributed by atoms with E-state index in [4.69, 9.17) is 10.5 Å². The van der Waals surface area contributed by atoms with Crippen LogP contribution in [0, 0.1) is 0 Å². The summed E-state index contributed by atoms with van der Waals surface area (Å²) in [5, 5.41) is 3.48. The first-order valence-electron chi connectivity index (χ1n) is 9.97.